The van der Waals surface area contributed by atoms with Gasteiger partial charge < -0.3 is 9.47 Å². The van der Waals surface area contributed by atoms with Gasteiger partial charge >= 0.3 is 5.69 Å². The number of thiazole rings is 1. The van der Waals surface area contributed by atoms with Crippen LogP contribution in [0.3, 0.4) is 0 Å². The second kappa shape index (κ2) is 7.54. The number of aromatic nitrogens is 1. The molecule has 0 spiro atoms. The van der Waals surface area contributed by atoms with Crippen LogP contribution in [0.5, 0.6) is 11.5 Å². The van der Waals surface area contributed by atoms with Crippen LogP contribution >= 0.6 is 11.3 Å². The monoisotopic (exact) mass is 336 g/mol. The summed E-state index contributed by atoms with van der Waals surface area (Å²) >= 11 is 1.42. The molecule has 122 valence electrons. The summed E-state index contributed by atoms with van der Waals surface area (Å²) in [6.45, 7) is 4.04. The highest BCUT2D eigenvalue weighted by atomic mass is 32.1. The predicted octanol–water partition coefficient (Wildman–Crippen LogP) is 3.21. The molecule has 1 heterocycles. The average Bonchev–Trinajstić information content (AvgIpc) is 2.92. The molecule has 0 unspecified atom stereocenters. The molecule has 0 aliphatic rings. The van der Waals surface area contributed by atoms with Gasteiger partial charge in [0.1, 0.15) is 0 Å². The summed E-state index contributed by atoms with van der Waals surface area (Å²) in [4.78, 5) is 14.9. The van der Waals surface area contributed by atoms with Crippen molar-refractivity contribution in [2.45, 2.75) is 13.8 Å². The lowest BCUT2D eigenvalue weighted by Crippen LogP contribution is -2.01. The summed E-state index contributed by atoms with van der Waals surface area (Å²) in [5, 5.41) is 17.8. The van der Waals surface area contributed by atoms with Gasteiger partial charge in [0.2, 0.25) is 10.9 Å². The molecule has 2 rings (SSSR count). The third kappa shape index (κ3) is 4.16. The van der Waals surface area contributed by atoms with Crippen LogP contribution in [0.4, 0.5) is 10.8 Å². The van der Waals surface area contributed by atoms with E-state index in [1.165, 1.54) is 30.7 Å². The Bertz CT molecular complexity index is 730. The molecule has 2 aromatic rings. The van der Waals surface area contributed by atoms with E-state index in [0.29, 0.717) is 23.1 Å². The lowest BCUT2D eigenvalue weighted by molar-refractivity contribution is -0.385. The smallest absolute Gasteiger partial charge is 0.315 e. The van der Waals surface area contributed by atoms with Crippen molar-refractivity contribution < 1.29 is 14.4 Å². The quantitative estimate of drug-likeness (QED) is 0.473. The Balaban J connectivity index is 2.28. The topological polar surface area (TPSA) is 98.9 Å². The first kappa shape index (κ1) is 16.7. The van der Waals surface area contributed by atoms with E-state index in [9.17, 15) is 10.1 Å². The first-order valence-corrected chi connectivity index (χ1v) is 7.63. The van der Waals surface area contributed by atoms with Crippen LogP contribution < -0.4 is 14.9 Å². The van der Waals surface area contributed by atoms with Gasteiger partial charge in [0, 0.05) is 17.0 Å². The van der Waals surface area contributed by atoms with Crippen LogP contribution in [-0.2, 0) is 0 Å². The second-order valence-electron chi connectivity index (χ2n) is 4.43. The normalized spacial score (nSPS) is 10.7. The highest BCUT2D eigenvalue weighted by Gasteiger charge is 2.21. The van der Waals surface area contributed by atoms with E-state index < -0.39 is 4.92 Å². The molecule has 9 heteroatoms. The fraction of sp³-hybridized carbons (Fsp3) is 0.286. The van der Waals surface area contributed by atoms with Crippen molar-refractivity contribution in [1.29, 1.82) is 0 Å². The molecule has 0 atom stereocenters. The molecule has 0 amide bonds. The number of aryl methyl sites for hydroxylation is 1. The van der Waals surface area contributed by atoms with Crippen molar-refractivity contribution >= 4 is 28.4 Å². The van der Waals surface area contributed by atoms with E-state index in [-0.39, 0.29) is 11.4 Å². The molecular formula is C14H16N4O4S. The average molecular weight is 336 g/mol. The number of methoxy groups -OCH3 is 1. The van der Waals surface area contributed by atoms with Crippen LogP contribution in [-0.4, -0.2) is 29.8 Å². The van der Waals surface area contributed by atoms with Gasteiger partial charge in [-0.2, -0.15) is 5.10 Å². The van der Waals surface area contributed by atoms with E-state index in [1.54, 1.807) is 13.0 Å². The van der Waals surface area contributed by atoms with Crippen molar-refractivity contribution in [3.8, 4) is 11.5 Å². The summed E-state index contributed by atoms with van der Waals surface area (Å²) in [5.41, 5.74) is 4.01. The molecule has 23 heavy (non-hydrogen) atoms. The van der Waals surface area contributed by atoms with E-state index >= 15 is 0 Å². The molecule has 0 fully saturated rings. The number of ether oxygens (including phenoxy) is 2. The predicted molar refractivity (Wildman–Crippen MR) is 88.9 cm³/mol. The molecule has 8 nitrogen and oxygen atoms in total. The number of nitro benzene ring substituents is 1. The Kier molecular flexibility index (Phi) is 5.47. The summed E-state index contributed by atoms with van der Waals surface area (Å²) in [7, 11) is 1.37. The molecule has 0 radical (unpaired) electrons. The zero-order chi connectivity index (χ0) is 16.8. The minimum Gasteiger partial charge on any atom is -0.490 e. The molecule has 0 bridgehead atoms. The zero-order valence-electron chi connectivity index (χ0n) is 12.9. The van der Waals surface area contributed by atoms with E-state index in [2.05, 4.69) is 15.5 Å². The van der Waals surface area contributed by atoms with Crippen LogP contribution in [0.25, 0.3) is 0 Å². The van der Waals surface area contributed by atoms with E-state index in [1.807, 2.05) is 12.3 Å². The fourth-order valence-corrected chi connectivity index (χ4v) is 2.49. The number of hydrogen-bond donors (Lipinski definition) is 1. The highest BCUT2D eigenvalue weighted by molar-refractivity contribution is 7.13. The van der Waals surface area contributed by atoms with Crippen molar-refractivity contribution in [3.05, 3.63) is 38.9 Å². The maximum absolute atomic E-state index is 11.2. The van der Waals surface area contributed by atoms with Crippen LogP contribution in [0.2, 0.25) is 0 Å². The van der Waals surface area contributed by atoms with Crippen molar-refractivity contribution in [2.24, 2.45) is 5.10 Å². The Morgan fingerprint density at radius 2 is 2.30 bits per heavy atom. The maximum Gasteiger partial charge on any atom is 0.315 e. The molecule has 0 aliphatic carbocycles. The van der Waals surface area contributed by atoms with Crippen molar-refractivity contribution in [3.63, 3.8) is 0 Å². The Hall–Kier alpha value is -2.68. The van der Waals surface area contributed by atoms with Crippen molar-refractivity contribution in [1.82, 2.24) is 4.98 Å². The first-order valence-electron chi connectivity index (χ1n) is 6.75. The first-order chi connectivity index (χ1) is 11.0. The number of anilines is 1. The molecule has 0 aliphatic heterocycles. The van der Waals surface area contributed by atoms with Gasteiger partial charge in [-0.05, 0) is 19.9 Å². The number of rotatable bonds is 7. The number of nitro groups is 1. The van der Waals surface area contributed by atoms with Gasteiger partial charge in [-0.15, -0.1) is 11.3 Å². The van der Waals surface area contributed by atoms with Crippen LogP contribution in [0.15, 0.2) is 22.6 Å². The standard InChI is InChI=1S/C14H16N4O4S/c1-4-22-12-6-10(5-11(18(19)20)13(12)21-3)7-15-17-14-16-9(2)8-23-14/h5-8H,4H2,1-3H3,(H,16,17)/b15-7-. The van der Waals surface area contributed by atoms with E-state index in [4.69, 9.17) is 9.47 Å². The summed E-state index contributed by atoms with van der Waals surface area (Å²) in [6.07, 6.45) is 1.46. The van der Waals surface area contributed by atoms with Gasteiger partial charge in [-0.1, -0.05) is 0 Å². The summed E-state index contributed by atoms with van der Waals surface area (Å²) in [6, 6.07) is 3.01. The highest BCUT2D eigenvalue weighted by Crippen LogP contribution is 2.37. The molecular weight excluding hydrogens is 320 g/mol. The largest absolute Gasteiger partial charge is 0.490 e. The number of hydrazone groups is 1. The Morgan fingerprint density at radius 3 is 2.87 bits per heavy atom. The van der Waals surface area contributed by atoms with Gasteiger partial charge in [-0.3, -0.25) is 15.5 Å². The molecule has 0 saturated heterocycles. The number of nitrogens with zero attached hydrogens (tertiary/aromatic N) is 3. The Morgan fingerprint density at radius 1 is 1.52 bits per heavy atom. The minimum absolute atomic E-state index is 0.0949. The van der Waals surface area contributed by atoms with Gasteiger partial charge in [0.15, 0.2) is 5.75 Å². The number of hydrogen-bond acceptors (Lipinski definition) is 8. The van der Waals surface area contributed by atoms with Gasteiger partial charge in [-0.25, -0.2) is 4.98 Å². The number of nitrogens with one attached hydrogen (secondary N) is 1. The van der Waals surface area contributed by atoms with Gasteiger partial charge in [0.25, 0.3) is 0 Å². The van der Waals surface area contributed by atoms with E-state index in [0.717, 1.165) is 5.69 Å². The van der Waals surface area contributed by atoms with Crippen LogP contribution in [0.1, 0.15) is 18.2 Å². The third-order valence-corrected chi connectivity index (χ3v) is 3.62. The maximum atomic E-state index is 11.2. The Labute approximate surface area is 136 Å². The lowest BCUT2D eigenvalue weighted by Gasteiger charge is -2.10. The fourth-order valence-electron chi connectivity index (χ4n) is 1.85. The zero-order valence-corrected chi connectivity index (χ0v) is 13.7. The molecule has 1 aromatic carbocycles. The molecule has 1 aromatic heterocycles. The second-order valence-corrected chi connectivity index (χ2v) is 5.28. The van der Waals surface area contributed by atoms with Gasteiger partial charge in [0.05, 0.1) is 30.5 Å². The SMILES string of the molecule is CCOc1cc(/C=N\Nc2nc(C)cs2)cc([N+](=O)[O-])c1OC. The van der Waals surface area contributed by atoms with Crippen LogP contribution in [0, 0.1) is 17.0 Å². The summed E-state index contributed by atoms with van der Waals surface area (Å²) in [5.74, 6) is 0.397. The molecule has 0 saturated carbocycles. The lowest BCUT2D eigenvalue weighted by atomic mass is 10.2. The summed E-state index contributed by atoms with van der Waals surface area (Å²) < 4.78 is 10.5. The third-order valence-electron chi connectivity index (χ3n) is 2.75. The number of benzene rings is 1. The minimum atomic E-state index is -0.518. The van der Waals surface area contributed by atoms with Crippen molar-refractivity contribution in [2.75, 3.05) is 19.1 Å². The molecule has 1 N–H and O–H groups in total.